The quantitative estimate of drug-likeness (QED) is 0.197. The largest absolute Gasteiger partial charge is 0.502 e. The van der Waals surface area contributed by atoms with E-state index in [1.807, 2.05) is 13.2 Å². The molecule has 1 heterocycles. The van der Waals surface area contributed by atoms with E-state index in [1.165, 1.54) is 61.7 Å². The Bertz CT molecular complexity index is 1290. The SMILES string of the molecule is CCO/C=C\C(c1ccc(C)cc1)c1n(-c2c(C)cc(C)cc2C)cc[n+]1-c1c(C)cc(C)cc1C. The van der Waals surface area contributed by atoms with Gasteiger partial charge >= 0.3 is 0 Å². The molecule has 0 bridgehead atoms. The number of hydrogen-bond acceptors (Lipinski definition) is 1. The minimum atomic E-state index is -0.00708. The van der Waals surface area contributed by atoms with Crippen LogP contribution in [-0.4, -0.2) is 11.2 Å². The number of aromatic nitrogens is 2. The lowest BCUT2D eigenvalue weighted by Gasteiger charge is -2.18. The Hall–Kier alpha value is -3.59. The minimum absolute atomic E-state index is 0.00708. The fraction of sp³-hybridized carbons (Fsp3) is 0.303. The number of hydrogen-bond donors (Lipinski definition) is 0. The third kappa shape index (κ3) is 5.02. The third-order valence-electron chi connectivity index (χ3n) is 6.86. The van der Waals surface area contributed by atoms with Gasteiger partial charge in [-0.05, 0) is 89.3 Å². The van der Waals surface area contributed by atoms with Gasteiger partial charge in [-0.15, -0.1) is 0 Å². The summed E-state index contributed by atoms with van der Waals surface area (Å²) in [7, 11) is 0. The number of rotatable bonds is 7. The van der Waals surface area contributed by atoms with Crippen molar-refractivity contribution < 1.29 is 9.30 Å². The van der Waals surface area contributed by atoms with E-state index < -0.39 is 0 Å². The molecule has 0 saturated carbocycles. The zero-order valence-corrected chi connectivity index (χ0v) is 23.0. The van der Waals surface area contributed by atoms with Crippen molar-refractivity contribution in [2.75, 3.05) is 6.61 Å². The zero-order valence-electron chi connectivity index (χ0n) is 23.0. The maximum absolute atomic E-state index is 5.73. The van der Waals surface area contributed by atoms with Crippen LogP contribution in [0.25, 0.3) is 11.4 Å². The number of imidazole rings is 1. The van der Waals surface area contributed by atoms with Crippen molar-refractivity contribution in [1.82, 2.24) is 4.57 Å². The first-order valence-corrected chi connectivity index (χ1v) is 12.9. The number of aryl methyl sites for hydroxylation is 7. The van der Waals surface area contributed by atoms with E-state index in [9.17, 15) is 0 Å². The Kier molecular flexibility index (Phi) is 7.49. The Labute approximate surface area is 216 Å². The van der Waals surface area contributed by atoms with Gasteiger partial charge in [0, 0.05) is 0 Å². The molecule has 1 aromatic heterocycles. The highest BCUT2D eigenvalue weighted by atomic mass is 16.5. The first-order valence-electron chi connectivity index (χ1n) is 12.9. The molecular formula is C33H39N2O+. The molecule has 0 aliphatic rings. The summed E-state index contributed by atoms with van der Waals surface area (Å²) in [6, 6.07) is 18.0. The Morgan fingerprint density at radius 3 is 1.89 bits per heavy atom. The highest BCUT2D eigenvalue weighted by Gasteiger charge is 2.32. The summed E-state index contributed by atoms with van der Waals surface area (Å²) >= 11 is 0. The van der Waals surface area contributed by atoms with Gasteiger partial charge in [0.2, 0.25) is 0 Å². The lowest BCUT2D eigenvalue weighted by Crippen LogP contribution is -2.38. The predicted octanol–water partition coefficient (Wildman–Crippen LogP) is 7.60. The second-order valence-corrected chi connectivity index (χ2v) is 10.1. The van der Waals surface area contributed by atoms with Crippen molar-refractivity contribution in [2.45, 2.75) is 61.3 Å². The highest BCUT2D eigenvalue weighted by Crippen LogP contribution is 2.31. The molecule has 186 valence electrons. The van der Waals surface area contributed by atoms with Gasteiger partial charge in [0.15, 0.2) is 0 Å². The fourth-order valence-corrected chi connectivity index (χ4v) is 5.54. The molecule has 0 N–H and O–H groups in total. The predicted molar refractivity (Wildman–Crippen MR) is 150 cm³/mol. The smallest absolute Gasteiger partial charge is 0.278 e. The average molecular weight is 480 g/mol. The van der Waals surface area contributed by atoms with Crippen LogP contribution in [-0.2, 0) is 4.74 Å². The van der Waals surface area contributed by atoms with Crippen LogP contribution in [0.3, 0.4) is 0 Å². The summed E-state index contributed by atoms with van der Waals surface area (Å²) in [6.07, 6.45) is 8.48. The minimum Gasteiger partial charge on any atom is -0.502 e. The van der Waals surface area contributed by atoms with Crippen molar-refractivity contribution in [1.29, 1.82) is 0 Å². The molecule has 3 heteroatoms. The third-order valence-corrected chi connectivity index (χ3v) is 6.86. The lowest BCUT2D eigenvalue weighted by atomic mass is 9.95. The first-order chi connectivity index (χ1) is 17.2. The van der Waals surface area contributed by atoms with E-state index in [1.54, 1.807) is 0 Å². The van der Waals surface area contributed by atoms with Gasteiger partial charge in [-0.25, -0.2) is 0 Å². The molecule has 36 heavy (non-hydrogen) atoms. The molecule has 0 aliphatic heterocycles. The maximum Gasteiger partial charge on any atom is 0.278 e. The standard InChI is InChI=1S/C33H39N2O/c1-9-36-17-14-30(29-12-10-22(2)11-13-29)33-34(31-25(5)18-23(3)19-26(31)6)15-16-35(33)32-27(7)20-24(4)21-28(32)8/h10-21,30H,9H2,1-8H3/q+1/b17-14-. The van der Waals surface area contributed by atoms with E-state index in [0.717, 1.165) is 0 Å². The second-order valence-electron chi connectivity index (χ2n) is 10.1. The molecule has 0 spiro atoms. The van der Waals surface area contributed by atoms with Crippen LogP contribution in [0.5, 0.6) is 0 Å². The molecule has 4 aromatic rings. The Morgan fingerprint density at radius 1 is 0.778 bits per heavy atom. The summed E-state index contributed by atoms with van der Waals surface area (Å²) < 4.78 is 10.5. The first kappa shape index (κ1) is 25.5. The van der Waals surface area contributed by atoms with E-state index in [-0.39, 0.29) is 5.92 Å². The molecular weight excluding hydrogens is 440 g/mol. The number of nitrogens with zero attached hydrogens (tertiary/aromatic N) is 2. The number of ether oxygens (including phenoxy) is 1. The maximum atomic E-state index is 5.73. The van der Waals surface area contributed by atoms with Crippen LogP contribution in [0.15, 0.2) is 73.3 Å². The summed E-state index contributed by atoms with van der Waals surface area (Å²) in [5, 5.41) is 0. The zero-order chi connectivity index (χ0) is 26.0. The van der Waals surface area contributed by atoms with Gasteiger partial charge in [-0.1, -0.05) is 65.2 Å². The molecule has 0 amide bonds. The molecule has 0 aliphatic carbocycles. The van der Waals surface area contributed by atoms with Gasteiger partial charge in [0.1, 0.15) is 29.7 Å². The van der Waals surface area contributed by atoms with Crippen molar-refractivity contribution >= 4 is 0 Å². The van der Waals surface area contributed by atoms with Gasteiger partial charge < -0.3 is 4.74 Å². The van der Waals surface area contributed by atoms with Crippen LogP contribution in [0.2, 0.25) is 0 Å². The molecule has 3 nitrogen and oxygen atoms in total. The normalized spacial score (nSPS) is 12.3. The van der Waals surface area contributed by atoms with Gasteiger partial charge in [-0.2, -0.15) is 9.13 Å². The number of allylic oxidation sites excluding steroid dienone is 1. The van der Waals surface area contributed by atoms with Crippen molar-refractivity contribution in [3.05, 3.63) is 124 Å². The van der Waals surface area contributed by atoms with Crippen LogP contribution < -0.4 is 4.57 Å². The van der Waals surface area contributed by atoms with Crippen LogP contribution in [0.4, 0.5) is 0 Å². The molecule has 1 unspecified atom stereocenters. The second kappa shape index (κ2) is 10.6. The summed E-state index contributed by atoms with van der Waals surface area (Å²) in [5.41, 5.74) is 12.6. The monoisotopic (exact) mass is 479 g/mol. The van der Waals surface area contributed by atoms with E-state index >= 15 is 0 Å². The highest BCUT2D eigenvalue weighted by molar-refractivity contribution is 5.51. The van der Waals surface area contributed by atoms with E-state index in [0.29, 0.717) is 6.61 Å². The van der Waals surface area contributed by atoms with E-state index in [4.69, 9.17) is 4.74 Å². The molecule has 0 saturated heterocycles. The van der Waals surface area contributed by atoms with Crippen LogP contribution in [0, 0.1) is 48.5 Å². The van der Waals surface area contributed by atoms with Crippen LogP contribution >= 0.6 is 0 Å². The number of benzene rings is 3. The fourth-order valence-electron chi connectivity index (χ4n) is 5.54. The topological polar surface area (TPSA) is 18.0 Å². The molecule has 0 fully saturated rings. The Morgan fingerprint density at radius 2 is 1.33 bits per heavy atom. The molecule has 3 aromatic carbocycles. The van der Waals surface area contributed by atoms with E-state index in [2.05, 4.69) is 125 Å². The van der Waals surface area contributed by atoms with Crippen molar-refractivity contribution in [3.63, 3.8) is 0 Å². The summed E-state index contributed by atoms with van der Waals surface area (Å²) in [6.45, 7) is 18.0. The summed E-state index contributed by atoms with van der Waals surface area (Å²) in [5.74, 6) is 1.17. The van der Waals surface area contributed by atoms with Crippen LogP contribution in [0.1, 0.15) is 63.2 Å². The Balaban J connectivity index is 2.08. The molecule has 4 rings (SSSR count). The van der Waals surface area contributed by atoms with Crippen molar-refractivity contribution in [2.24, 2.45) is 0 Å². The summed E-state index contributed by atoms with van der Waals surface area (Å²) in [4.78, 5) is 0. The average Bonchev–Trinajstić information content (AvgIpc) is 3.20. The molecule has 0 radical (unpaired) electrons. The van der Waals surface area contributed by atoms with Gasteiger partial charge in [0.25, 0.3) is 5.82 Å². The molecule has 1 atom stereocenters. The van der Waals surface area contributed by atoms with Crippen molar-refractivity contribution in [3.8, 4) is 11.4 Å². The van der Waals surface area contributed by atoms with Gasteiger partial charge in [-0.3, -0.25) is 0 Å². The lowest BCUT2D eigenvalue weighted by molar-refractivity contribution is -0.605. The van der Waals surface area contributed by atoms with Gasteiger partial charge in [0.05, 0.1) is 12.9 Å².